The van der Waals surface area contributed by atoms with Crippen molar-refractivity contribution >= 4 is 22.7 Å². The van der Waals surface area contributed by atoms with Gasteiger partial charge in [-0.2, -0.15) is 0 Å². The number of hydrogen-bond donors (Lipinski definition) is 1. The summed E-state index contributed by atoms with van der Waals surface area (Å²) in [5.74, 6) is 1.65. The fraction of sp³-hybridized carbons (Fsp3) is 0.312. The van der Waals surface area contributed by atoms with E-state index in [2.05, 4.69) is 35.1 Å². The van der Waals surface area contributed by atoms with E-state index in [1.165, 1.54) is 0 Å². The molecule has 7 nitrogen and oxygen atoms in total. The summed E-state index contributed by atoms with van der Waals surface area (Å²) in [6.07, 6.45) is 7.95. The quantitative estimate of drug-likeness (QED) is 0.790. The lowest BCUT2D eigenvalue weighted by molar-refractivity contribution is 0.790. The number of fused-ring (bicyclic) bond motifs is 1. The number of pyridine rings is 1. The number of anilines is 2. The second kappa shape index (κ2) is 5.75. The van der Waals surface area contributed by atoms with Crippen molar-refractivity contribution in [3.05, 3.63) is 42.7 Å². The van der Waals surface area contributed by atoms with E-state index in [-0.39, 0.29) is 0 Å². The summed E-state index contributed by atoms with van der Waals surface area (Å²) in [6.45, 7) is 3.78. The molecule has 1 aliphatic rings. The predicted molar refractivity (Wildman–Crippen MR) is 88.3 cm³/mol. The molecule has 116 valence electrons. The van der Waals surface area contributed by atoms with Gasteiger partial charge in [-0.15, -0.1) is 0 Å². The van der Waals surface area contributed by atoms with Crippen LogP contribution in [0.2, 0.25) is 0 Å². The van der Waals surface area contributed by atoms with Gasteiger partial charge in [-0.3, -0.25) is 4.98 Å². The fourth-order valence-corrected chi connectivity index (χ4v) is 2.92. The number of nitrogens with one attached hydrogen (secondary N) is 1. The third kappa shape index (κ3) is 2.77. The van der Waals surface area contributed by atoms with Gasteiger partial charge in [0.2, 0.25) is 5.95 Å². The summed E-state index contributed by atoms with van der Waals surface area (Å²) < 4.78 is 0. The van der Waals surface area contributed by atoms with Crippen LogP contribution in [0.5, 0.6) is 0 Å². The maximum Gasteiger partial charge on any atom is 0.223 e. The average Bonchev–Trinajstić information content (AvgIpc) is 3.02. The Morgan fingerprint density at radius 1 is 1.17 bits per heavy atom. The first-order valence-corrected chi connectivity index (χ1v) is 7.65. The minimum atomic E-state index is 0.309. The lowest BCUT2D eigenvalue weighted by Gasteiger charge is -2.19. The molecule has 23 heavy (non-hydrogen) atoms. The summed E-state index contributed by atoms with van der Waals surface area (Å²) in [5, 5.41) is 4.45. The van der Waals surface area contributed by atoms with Gasteiger partial charge in [0.05, 0.1) is 11.7 Å². The molecule has 1 unspecified atom stereocenters. The molecule has 0 amide bonds. The van der Waals surface area contributed by atoms with E-state index in [9.17, 15) is 0 Å². The van der Waals surface area contributed by atoms with Crippen LogP contribution in [0.25, 0.3) is 10.9 Å². The second-order valence-corrected chi connectivity index (χ2v) is 5.69. The zero-order valence-corrected chi connectivity index (χ0v) is 12.8. The van der Waals surface area contributed by atoms with Gasteiger partial charge < -0.3 is 10.2 Å². The number of nitrogens with zero attached hydrogens (tertiary/aromatic N) is 6. The summed E-state index contributed by atoms with van der Waals surface area (Å²) >= 11 is 0. The first-order chi connectivity index (χ1) is 11.3. The third-order valence-corrected chi connectivity index (χ3v) is 4.03. The molecule has 3 aromatic heterocycles. The van der Waals surface area contributed by atoms with E-state index < -0.39 is 0 Å². The molecule has 3 aromatic rings. The molecule has 1 atom stereocenters. The van der Waals surface area contributed by atoms with Crippen molar-refractivity contribution in [2.24, 2.45) is 0 Å². The predicted octanol–water partition coefficient (Wildman–Crippen LogP) is 1.81. The molecule has 7 heteroatoms. The fourth-order valence-electron chi connectivity index (χ4n) is 2.92. The van der Waals surface area contributed by atoms with Gasteiger partial charge in [0.1, 0.15) is 12.1 Å². The van der Waals surface area contributed by atoms with Crippen LogP contribution >= 0.6 is 0 Å². The van der Waals surface area contributed by atoms with Crippen LogP contribution < -0.4 is 10.2 Å². The standard InChI is InChI=1S/C16H17N7/c1-11-2-6-18-16(21-11)22-12-4-7-23(9-12)15-13-3-5-17-8-14(13)19-10-20-15/h2-3,5-6,8,10,12H,4,7,9H2,1H3,(H,18,21,22). The van der Waals surface area contributed by atoms with Crippen LogP contribution in [0.15, 0.2) is 37.1 Å². The molecule has 1 aliphatic heterocycles. The van der Waals surface area contributed by atoms with Gasteiger partial charge in [-0.05, 0) is 25.5 Å². The Balaban J connectivity index is 1.53. The molecule has 1 saturated heterocycles. The van der Waals surface area contributed by atoms with E-state index in [1.807, 2.05) is 19.1 Å². The molecule has 0 radical (unpaired) electrons. The van der Waals surface area contributed by atoms with Gasteiger partial charge in [0, 0.05) is 42.6 Å². The molecule has 4 rings (SSSR count). The van der Waals surface area contributed by atoms with Crippen LogP contribution in [0.4, 0.5) is 11.8 Å². The minimum absolute atomic E-state index is 0.309. The molecule has 0 aromatic carbocycles. The SMILES string of the molecule is Cc1ccnc(NC2CCN(c3ncnc4cnccc34)C2)n1. The maximum atomic E-state index is 4.47. The topological polar surface area (TPSA) is 79.7 Å². The van der Waals surface area contributed by atoms with E-state index in [0.717, 1.165) is 41.9 Å². The minimum Gasteiger partial charge on any atom is -0.354 e. The Morgan fingerprint density at radius 3 is 3.04 bits per heavy atom. The van der Waals surface area contributed by atoms with Crippen LogP contribution in [0.3, 0.4) is 0 Å². The van der Waals surface area contributed by atoms with E-state index in [0.29, 0.717) is 12.0 Å². The first kappa shape index (κ1) is 13.8. The van der Waals surface area contributed by atoms with Gasteiger partial charge in [-0.25, -0.2) is 19.9 Å². The summed E-state index contributed by atoms with van der Waals surface area (Å²) in [4.78, 5) is 23.8. The summed E-state index contributed by atoms with van der Waals surface area (Å²) in [6, 6.07) is 4.17. The third-order valence-electron chi connectivity index (χ3n) is 4.03. The monoisotopic (exact) mass is 307 g/mol. The van der Waals surface area contributed by atoms with Crippen LogP contribution in [0.1, 0.15) is 12.1 Å². The summed E-state index contributed by atoms with van der Waals surface area (Å²) in [7, 11) is 0. The lowest BCUT2D eigenvalue weighted by Crippen LogP contribution is -2.27. The number of rotatable bonds is 3. The van der Waals surface area contributed by atoms with Crippen LogP contribution in [0, 0.1) is 6.92 Å². The van der Waals surface area contributed by atoms with E-state index in [1.54, 1.807) is 24.9 Å². The van der Waals surface area contributed by atoms with Crippen molar-refractivity contribution in [3.63, 3.8) is 0 Å². The van der Waals surface area contributed by atoms with Gasteiger partial charge in [0.25, 0.3) is 0 Å². The van der Waals surface area contributed by atoms with Crippen molar-refractivity contribution in [3.8, 4) is 0 Å². The highest BCUT2D eigenvalue weighted by Crippen LogP contribution is 2.26. The Labute approximate surface area is 133 Å². The maximum absolute atomic E-state index is 4.47. The van der Waals surface area contributed by atoms with Crippen LogP contribution in [-0.2, 0) is 0 Å². The van der Waals surface area contributed by atoms with Gasteiger partial charge in [0.15, 0.2) is 0 Å². The number of aryl methyl sites for hydroxylation is 1. The molecule has 0 spiro atoms. The normalized spacial score (nSPS) is 17.6. The molecular weight excluding hydrogens is 290 g/mol. The molecular formula is C16H17N7. The Morgan fingerprint density at radius 2 is 2.13 bits per heavy atom. The van der Waals surface area contributed by atoms with Crippen molar-refractivity contribution in [1.29, 1.82) is 0 Å². The molecule has 0 bridgehead atoms. The average molecular weight is 307 g/mol. The van der Waals surface area contributed by atoms with Gasteiger partial charge >= 0.3 is 0 Å². The highest BCUT2D eigenvalue weighted by molar-refractivity contribution is 5.88. The smallest absolute Gasteiger partial charge is 0.223 e. The molecule has 0 saturated carbocycles. The highest BCUT2D eigenvalue weighted by atomic mass is 15.3. The molecule has 1 fully saturated rings. The molecule has 4 heterocycles. The number of hydrogen-bond acceptors (Lipinski definition) is 7. The van der Waals surface area contributed by atoms with Gasteiger partial charge in [-0.1, -0.05) is 0 Å². The van der Waals surface area contributed by atoms with Crippen molar-refractivity contribution < 1.29 is 0 Å². The largest absolute Gasteiger partial charge is 0.354 e. The number of aromatic nitrogens is 5. The lowest BCUT2D eigenvalue weighted by atomic mass is 10.2. The zero-order chi connectivity index (χ0) is 15.6. The highest BCUT2D eigenvalue weighted by Gasteiger charge is 2.25. The Kier molecular flexibility index (Phi) is 3.45. The Bertz CT molecular complexity index is 830. The Hall–Kier alpha value is -2.83. The van der Waals surface area contributed by atoms with Crippen molar-refractivity contribution in [2.45, 2.75) is 19.4 Å². The second-order valence-electron chi connectivity index (χ2n) is 5.69. The molecule has 0 aliphatic carbocycles. The van der Waals surface area contributed by atoms with Crippen LogP contribution in [-0.4, -0.2) is 44.1 Å². The molecule has 1 N–H and O–H groups in total. The van der Waals surface area contributed by atoms with Crippen molar-refractivity contribution in [1.82, 2.24) is 24.9 Å². The first-order valence-electron chi connectivity index (χ1n) is 7.65. The van der Waals surface area contributed by atoms with E-state index >= 15 is 0 Å². The van der Waals surface area contributed by atoms with E-state index in [4.69, 9.17) is 0 Å². The summed E-state index contributed by atoms with van der Waals surface area (Å²) in [5.41, 5.74) is 1.84. The zero-order valence-electron chi connectivity index (χ0n) is 12.8. The van der Waals surface area contributed by atoms with Crippen molar-refractivity contribution in [2.75, 3.05) is 23.3 Å².